The maximum absolute atomic E-state index is 12.2. The van der Waals surface area contributed by atoms with Crippen molar-refractivity contribution in [3.05, 3.63) is 34.9 Å². The molecule has 0 bridgehead atoms. The third-order valence-electron chi connectivity index (χ3n) is 2.95. The largest absolute Gasteiger partial charge is 0.395 e. The van der Waals surface area contributed by atoms with Crippen molar-refractivity contribution in [2.45, 2.75) is 13.3 Å². The molecule has 0 heterocycles. The fraction of sp³-hybridized carbons (Fsp3) is 0.375. The molecule has 2 N–H and O–H groups in total. The Balaban J connectivity index is 2.93. The quantitative estimate of drug-likeness (QED) is 0.795. The second kappa shape index (κ2) is 8.08. The smallest absolute Gasteiger partial charge is 0.254 e. The van der Waals surface area contributed by atoms with Gasteiger partial charge in [0.2, 0.25) is 5.91 Å². The zero-order chi connectivity index (χ0) is 15.8. The number of nitrogens with zero attached hydrogens (tertiary/aromatic N) is 1. The van der Waals surface area contributed by atoms with Crippen LogP contribution < -0.4 is 5.32 Å². The van der Waals surface area contributed by atoms with Gasteiger partial charge in [-0.1, -0.05) is 17.9 Å². The lowest BCUT2D eigenvalue weighted by atomic mass is 10.0. The van der Waals surface area contributed by atoms with Gasteiger partial charge in [0.1, 0.15) is 0 Å². The molecule has 0 aliphatic carbocycles. The number of amides is 2. The molecule has 0 spiro atoms. The van der Waals surface area contributed by atoms with Crippen LogP contribution in [0.3, 0.4) is 0 Å². The van der Waals surface area contributed by atoms with E-state index in [-0.39, 0.29) is 25.0 Å². The number of hydrogen-bond donors (Lipinski definition) is 2. The molecule has 21 heavy (non-hydrogen) atoms. The summed E-state index contributed by atoms with van der Waals surface area (Å²) in [6.45, 7) is 1.93. The fourth-order valence-electron chi connectivity index (χ4n) is 1.69. The van der Waals surface area contributed by atoms with Gasteiger partial charge in [-0.2, -0.15) is 0 Å². The molecule has 0 fully saturated rings. The minimum absolute atomic E-state index is 0.00866. The fourth-order valence-corrected chi connectivity index (χ4v) is 1.69. The second-order valence-electron chi connectivity index (χ2n) is 4.64. The summed E-state index contributed by atoms with van der Waals surface area (Å²) < 4.78 is 0. The van der Waals surface area contributed by atoms with Crippen molar-refractivity contribution in [1.29, 1.82) is 0 Å². The number of likely N-dealkylation sites (N-methyl/N-ethyl adjacent to an activating group) is 2. The molecule has 0 radical (unpaired) electrons. The van der Waals surface area contributed by atoms with E-state index in [9.17, 15) is 9.59 Å². The van der Waals surface area contributed by atoms with Gasteiger partial charge in [-0.05, 0) is 24.6 Å². The first kappa shape index (κ1) is 16.7. The third-order valence-corrected chi connectivity index (χ3v) is 2.95. The summed E-state index contributed by atoms with van der Waals surface area (Å²) in [5.74, 6) is 5.33. The van der Waals surface area contributed by atoms with Gasteiger partial charge in [-0.15, -0.1) is 0 Å². The number of carbonyl (C=O) groups excluding carboxylic acids is 2. The van der Waals surface area contributed by atoms with Crippen LogP contribution in [-0.2, 0) is 4.79 Å². The Hall–Kier alpha value is -2.32. The molecule has 0 atom stereocenters. The average Bonchev–Trinajstić information content (AvgIpc) is 2.48. The Bertz CT molecular complexity index is 585. The van der Waals surface area contributed by atoms with E-state index < -0.39 is 0 Å². The molecular formula is C16H20N2O3. The summed E-state index contributed by atoms with van der Waals surface area (Å²) in [4.78, 5) is 24.9. The van der Waals surface area contributed by atoms with Crippen molar-refractivity contribution < 1.29 is 14.7 Å². The number of aryl methyl sites for hydroxylation is 1. The first-order valence-corrected chi connectivity index (χ1v) is 6.66. The molecule has 112 valence electrons. The molecule has 2 amide bonds. The topological polar surface area (TPSA) is 69.6 Å². The highest BCUT2D eigenvalue weighted by Gasteiger charge is 2.14. The first-order chi connectivity index (χ1) is 9.99. The van der Waals surface area contributed by atoms with Crippen molar-refractivity contribution >= 4 is 11.8 Å². The van der Waals surface area contributed by atoms with Crippen molar-refractivity contribution in [1.82, 2.24) is 10.2 Å². The van der Waals surface area contributed by atoms with E-state index in [1.807, 2.05) is 13.0 Å². The number of carbonyl (C=O) groups is 2. The lowest BCUT2D eigenvalue weighted by molar-refractivity contribution is -0.121. The predicted octanol–water partition coefficient (Wildman–Crippen LogP) is 0.547. The van der Waals surface area contributed by atoms with Crippen LogP contribution in [0.5, 0.6) is 0 Å². The van der Waals surface area contributed by atoms with E-state index in [0.29, 0.717) is 12.0 Å². The molecule has 0 unspecified atom stereocenters. The summed E-state index contributed by atoms with van der Waals surface area (Å²) >= 11 is 0. The molecule has 1 aromatic carbocycles. The van der Waals surface area contributed by atoms with Crippen LogP contribution in [-0.4, -0.2) is 49.1 Å². The van der Waals surface area contributed by atoms with Gasteiger partial charge in [0, 0.05) is 31.6 Å². The maximum Gasteiger partial charge on any atom is 0.254 e. The molecule has 0 aliphatic heterocycles. The molecule has 5 heteroatoms. The minimum atomic E-state index is -0.233. The summed E-state index contributed by atoms with van der Waals surface area (Å²) in [7, 11) is 3.11. The zero-order valence-electron chi connectivity index (χ0n) is 12.6. The Morgan fingerprint density at radius 2 is 2.10 bits per heavy atom. The Labute approximate surface area is 125 Å². The van der Waals surface area contributed by atoms with Gasteiger partial charge in [0.05, 0.1) is 13.2 Å². The van der Waals surface area contributed by atoms with Crippen molar-refractivity contribution in [3.63, 3.8) is 0 Å². The van der Waals surface area contributed by atoms with Gasteiger partial charge in [0.15, 0.2) is 0 Å². The van der Waals surface area contributed by atoms with Crippen LogP contribution in [0.2, 0.25) is 0 Å². The van der Waals surface area contributed by atoms with Crippen LogP contribution in [0.4, 0.5) is 0 Å². The Morgan fingerprint density at radius 1 is 1.38 bits per heavy atom. The highest BCUT2D eigenvalue weighted by atomic mass is 16.2. The van der Waals surface area contributed by atoms with Crippen LogP contribution in [0.25, 0.3) is 0 Å². The number of rotatable bonds is 4. The SMILES string of the molecule is CNC(=O)CN(C)C(=O)c1ccc(C)c(C#CCCO)c1. The zero-order valence-corrected chi connectivity index (χ0v) is 12.6. The molecule has 1 aromatic rings. The van der Waals surface area contributed by atoms with Gasteiger partial charge < -0.3 is 15.3 Å². The molecule has 0 aromatic heterocycles. The van der Waals surface area contributed by atoms with Crippen LogP contribution in [0.15, 0.2) is 18.2 Å². The number of nitrogens with one attached hydrogen (secondary N) is 1. The van der Waals surface area contributed by atoms with E-state index in [1.165, 1.54) is 11.9 Å². The Morgan fingerprint density at radius 3 is 2.71 bits per heavy atom. The summed E-state index contributed by atoms with van der Waals surface area (Å²) in [5.41, 5.74) is 2.20. The summed E-state index contributed by atoms with van der Waals surface area (Å²) in [6, 6.07) is 5.25. The molecule has 5 nitrogen and oxygen atoms in total. The van der Waals surface area contributed by atoms with Gasteiger partial charge in [0.25, 0.3) is 5.91 Å². The molecule has 1 rings (SSSR count). The second-order valence-corrected chi connectivity index (χ2v) is 4.64. The molecule has 0 saturated carbocycles. The number of hydrogen-bond acceptors (Lipinski definition) is 3. The van der Waals surface area contributed by atoms with E-state index in [2.05, 4.69) is 17.2 Å². The minimum Gasteiger partial charge on any atom is -0.395 e. The lowest BCUT2D eigenvalue weighted by Gasteiger charge is -2.16. The lowest BCUT2D eigenvalue weighted by Crippen LogP contribution is -2.36. The van der Waals surface area contributed by atoms with Crippen LogP contribution in [0.1, 0.15) is 27.9 Å². The highest BCUT2D eigenvalue weighted by molar-refractivity contribution is 5.96. The third kappa shape index (κ3) is 4.93. The number of aliphatic hydroxyl groups is 1. The number of benzene rings is 1. The molecule has 0 aliphatic rings. The summed E-state index contributed by atoms with van der Waals surface area (Å²) in [5, 5.41) is 11.2. The van der Waals surface area contributed by atoms with Gasteiger partial charge >= 0.3 is 0 Å². The van der Waals surface area contributed by atoms with Crippen molar-refractivity contribution in [3.8, 4) is 11.8 Å². The van der Waals surface area contributed by atoms with E-state index >= 15 is 0 Å². The summed E-state index contributed by atoms with van der Waals surface area (Å²) in [6.07, 6.45) is 0.397. The molecule has 0 saturated heterocycles. The normalized spacial score (nSPS) is 9.52. The maximum atomic E-state index is 12.2. The predicted molar refractivity (Wildman–Crippen MR) is 80.8 cm³/mol. The van der Waals surface area contributed by atoms with Crippen LogP contribution in [0, 0.1) is 18.8 Å². The highest BCUT2D eigenvalue weighted by Crippen LogP contribution is 2.12. The van der Waals surface area contributed by atoms with Crippen molar-refractivity contribution in [2.24, 2.45) is 0 Å². The van der Waals surface area contributed by atoms with Crippen LogP contribution >= 0.6 is 0 Å². The van der Waals surface area contributed by atoms with E-state index in [1.54, 1.807) is 19.2 Å². The van der Waals surface area contributed by atoms with Crippen molar-refractivity contribution in [2.75, 3.05) is 27.2 Å². The Kier molecular flexibility index (Phi) is 6.44. The monoisotopic (exact) mass is 288 g/mol. The first-order valence-electron chi connectivity index (χ1n) is 6.66. The molecular weight excluding hydrogens is 268 g/mol. The van der Waals surface area contributed by atoms with Gasteiger partial charge in [-0.3, -0.25) is 9.59 Å². The number of aliphatic hydroxyl groups excluding tert-OH is 1. The van der Waals surface area contributed by atoms with E-state index in [4.69, 9.17) is 5.11 Å². The average molecular weight is 288 g/mol. The van der Waals surface area contributed by atoms with Gasteiger partial charge in [-0.25, -0.2) is 0 Å². The van der Waals surface area contributed by atoms with E-state index in [0.717, 1.165) is 11.1 Å². The standard InChI is InChI=1S/C16H20N2O3/c1-12-7-8-14(10-13(12)6-4-5-9-19)16(21)18(3)11-15(20)17-2/h7-8,10,19H,5,9,11H2,1-3H3,(H,17,20).